The Hall–Kier alpha value is -3.09. The molecule has 0 saturated carbocycles. The minimum Gasteiger partial charge on any atom is -0.490 e. The summed E-state index contributed by atoms with van der Waals surface area (Å²) in [5.74, 6) is 1.24. The van der Waals surface area contributed by atoms with Crippen LogP contribution in [0.5, 0.6) is 11.5 Å². The van der Waals surface area contributed by atoms with Crippen LogP contribution < -0.4 is 14.8 Å². The fourth-order valence-corrected chi connectivity index (χ4v) is 3.27. The number of benzene rings is 1. The number of anilines is 1. The summed E-state index contributed by atoms with van der Waals surface area (Å²) < 4.78 is 13.0. The molecule has 3 aromatic rings. The third-order valence-corrected chi connectivity index (χ3v) is 4.63. The van der Waals surface area contributed by atoms with Gasteiger partial charge in [0, 0.05) is 24.5 Å². The van der Waals surface area contributed by atoms with Gasteiger partial charge in [0.1, 0.15) is 0 Å². The summed E-state index contributed by atoms with van der Waals surface area (Å²) in [6, 6.07) is 7.25. The number of nitrogens with zero attached hydrogens (tertiary/aromatic N) is 3. The standard InChI is InChI=1S/C22H28N4O3/c1-7-28-18-10-9-15(11-19(18)29-8-2)23-22(27)16-12-17(13(3)4)24-21-20(16)14(5)25-26(21)6/h9-13H,7-8H2,1-6H3,(H,23,27). The van der Waals surface area contributed by atoms with Crippen molar-refractivity contribution in [3.63, 3.8) is 0 Å². The molecular formula is C22H28N4O3. The van der Waals surface area contributed by atoms with Gasteiger partial charge >= 0.3 is 0 Å². The van der Waals surface area contributed by atoms with Crippen molar-refractivity contribution in [2.45, 2.75) is 40.5 Å². The van der Waals surface area contributed by atoms with Crippen LogP contribution in [0.2, 0.25) is 0 Å². The molecule has 0 aliphatic rings. The second-order valence-corrected chi connectivity index (χ2v) is 7.14. The predicted octanol–water partition coefficient (Wildman–Crippen LogP) is 4.45. The van der Waals surface area contributed by atoms with Crippen LogP contribution in [0, 0.1) is 6.92 Å². The average Bonchev–Trinajstić information content (AvgIpc) is 2.97. The fraction of sp³-hybridized carbons (Fsp3) is 0.409. The molecule has 1 aromatic carbocycles. The SMILES string of the molecule is CCOc1ccc(NC(=O)c2cc(C(C)C)nc3c2c(C)nn3C)cc1OCC. The van der Waals surface area contributed by atoms with Crippen molar-refractivity contribution in [3.8, 4) is 11.5 Å². The molecule has 0 unspecified atom stereocenters. The van der Waals surface area contributed by atoms with E-state index in [-0.39, 0.29) is 11.8 Å². The molecule has 0 aliphatic heterocycles. The van der Waals surface area contributed by atoms with E-state index in [0.29, 0.717) is 41.6 Å². The maximum atomic E-state index is 13.2. The maximum Gasteiger partial charge on any atom is 0.256 e. The van der Waals surface area contributed by atoms with Gasteiger partial charge in [-0.15, -0.1) is 0 Å². The largest absolute Gasteiger partial charge is 0.490 e. The highest BCUT2D eigenvalue weighted by Crippen LogP contribution is 2.31. The molecule has 7 heteroatoms. The first kappa shape index (κ1) is 20.6. The summed E-state index contributed by atoms with van der Waals surface area (Å²) in [4.78, 5) is 17.9. The lowest BCUT2D eigenvalue weighted by molar-refractivity contribution is 0.102. The van der Waals surface area contributed by atoms with Crippen molar-refractivity contribution >= 4 is 22.6 Å². The van der Waals surface area contributed by atoms with E-state index in [1.807, 2.05) is 40.0 Å². The summed E-state index contributed by atoms with van der Waals surface area (Å²) in [6.45, 7) is 10.9. The summed E-state index contributed by atoms with van der Waals surface area (Å²) in [6.07, 6.45) is 0. The van der Waals surface area contributed by atoms with Gasteiger partial charge in [-0.3, -0.25) is 9.48 Å². The molecule has 0 atom stereocenters. The number of fused-ring (bicyclic) bond motifs is 1. The zero-order valence-electron chi connectivity index (χ0n) is 17.9. The highest BCUT2D eigenvalue weighted by atomic mass is 16.5. The van der Waals surface area contributed by atoms with Crippen LogP contribution in [0.1, 0.15) is 55.4 Å². The molecule has 29 heavy (non-hydrogen) atoms. The van der Waals surface area contributed by atoms with Crippen LogP contribution in [0.4, 0.5) is 5.69 Å². The molecule has 154 valence electrons. The molecule has 3 rings (SSSR count). The summed E-state index contributed by atoms with van der Waals surface area (Å²) in [5.41, 5.74) is 3.54. The third kappa shape index (κ3) is 4.18. The lowest BCUT2D eigenvalue weighted by Gasteiger charge is -2.14. The molecule has 2 aromatic heterocycles. The second-order valence-electron chi connectivity index (χ2n) is 7.14. The highest BCUT2D eigenvalue weighted by molar-refractivity contribution is 6.12. The highest BCUT2D eigenvalue weighted by Gasteiger charge is 2.20. The summed E-state index contributed by atoms with van der Waals surface area (Å²) in [7, 11) is 1.84. The van der Waals surface area contributed by atoms with Gasteiger partial charge in [-0.25, -0.2) is 4.98 Å². The smallest absolute Gasteiger partial charge is 0.256 e. The number of nitrogens with one attached hydrogen (secondary N) is 1. The first-order chi connectivity index (χ1) is 13.8. The van der Waals surface area contributed by atoms with Crippen LogP contribution in [0.3, 0.4) is 0 Å². The normalized spacial score (nSPS) is 11.1. The number of aryl methyl sites for hydroxylation is 2. The number of pyridine rings is 1. The van der Waals surface area contributed by atoms with E-state index in [1.165, 1.54) is 0 Å². The molecule has 0 spiro atoms. The van der Waals surface area contributed by atoms with Gasteiger partial charge in [-0.05, 0) is 44.9 Å². The summed E-state index contributed by atoms with van der Waals surface area (Å²) >= 11 is 0. The Bertz CT molecular complexity index is 1040. The summed E-state index contributed by atoms with van der Waals surface area (Å²) in [5, 5.41) is 8.20. The molecule has 0 fully saturated rings. The van der Waals surface area contributed by atoms with Crippen LogP contribution in [0.15, 0.2) is 24.3 Å². The molecular weight excluding hydrogens is 368 g/mol. The molecule has 0 aliphatic carbocycles. The van der Waals surface area contributed by atoms with Gasteiger partial charge in [0.05, 0.1) is 29.9 Å². The maximum absolute atomic E-state index is 13.2. The minimum absolute atomic E-state index is 0.191. The molecule has 0 radical (unpaired) electrons. The number of amides is 1. The Morgan fingerprint density at radius 3 is 2.48 bits per heavy atom. The molecule has 1 N–H and O–H groups in total. The van der Waals surface area contributed by atoms with Gasteiger partial charge in [0.2, 0.25) is 0 Å². The number of carbonyl (C=O) groups excluding carboxylic acids is 1. The van der Waals surface area contributed by atoms with Gasteiger partial charge in [0.15, 0.2) is 17.1 Å². The van der Waals surface area contributed by atoms with Crippen molar-refractivity contribution in [3.05, 3.63) is 41.2 Å². The number of hydrogen-bond donors (Lipinski definition) is 1. The van der Waals surface area contributed by atoms with Crippen LogP contribution in [-0.4, -0.2) is 33.9 Å². The van der Waals surface area contributed by atoms with E-state index >= 15 is 0 Å². The van der Waals surface area contributed by atoms with Crippen LogP contribution in [0.25, 0.3) is 11.0 Å². The van der Waals surface area contributed by atoms with E-state index in [4.69, 9.17) is 14.5 Å². The lowest BCUT2D eigenvalue weighted by Crippen LogP contribution is -2.14. The Morgan fingerprint density at radius 2 is 1.83 bits per heavy atom. The Kier molecular flexibility index (Phi) is 6.06. The van der Waals surface area contributed by atoms with Crippen molar-refractivity contribution < 1.29 is 14.3 Å². The molecule has 2 heterocycles. The number of ether oxygens (including phenoxy) is 2. The fourth-order valence-electron chi connectivity index (χ4n) is 3.27. The zero-order valence-corrected chi connectivity index (χ0v) is 17.9. The Balaban J connectivity index is 2.01. The van der Waals surface area contributed by atoms with E-state index in [2.05, 4.69) is 24.3 Å². The topological polar surface area (TPSA) is 78.3 Å². The number of aromatic nitrogens is 3. The van der Waals surface area contributed by atoms with E-state index < -0.39 is 0 Å². The zero-order chi connectivity index (χ0) is 21.1. The van der Waals surface area contributed by atoms with E-state index in [1.54, 1.807) is 16.8 Å². The second kappa shape index (κ2) is 8.51. The van der Waals surface area contributed by atoms with Crippen molar-refractivity contribution in [1.29, 1.82) is 0 Å². The number of rotatable bonds is 7. The van der Waals surface area contributed by atoms with Crippen molar-refractivity contribution in [2.24, 2.45) is 7.05 Å². The molecule has 7 nitrogen and oxygen atoms in total. The number of carbonyl (C=O) groups is 1. The molecule has 0 bridgehead atoms. The van der Waals surface area contributed by atoms with Crippen molar-refractivity contribution in [2.75, 3.05) is 18.5 Å². The predicted molar refractivity (Wildman–Crippen MR) is 114 cm³/mol. The van der Waals surface area contributed by atoms with Gasteiger partial charge < -0.3 is 14.8 Å². The third-order valence-electron chi connectivity index (χ3n) is 4.63. The van der Waals surface area contributed by atoms with Crippen molar-refractivity contribution in [1.82, 2.24) is 14.8 Å². The molecule has 1 amide bonds. The first-order valence-corrected chi connectivity index (χ1v) is 9.90. The van der Waals surface area contributed by atoms with E-state index in [0.717, 1.165) is 16.8 Å². The first-order valence-electron chi connectivity index (χ1n) is 9.90. The Labute approximate surface area is 171 Å². The lowest BCUT2D eigenvalue weighted by atomic mass is 10.0. The van der Waals surface area contributed by atoms with Gasteiger partial charge in [0.25, 0.3) is 5.91 Å². The van der Waals surface area contributed by atoms with E-state index in [9.17, 15) is 4.79 Å². The van der Waals surface area contributed by atoms with Gasteiger partial charge in [-0.2, -0.15) is 5.10 Å². The average molecular weight is 396 g/mol. The number of hydrogen-bond acceptors (Lipinski definition) is 5. The molecule has 0 saturated heterocycles. The van der Waals surface area contributed by atoms with Gasteiger partial charge in [-0.1, -0.05) is 13.8 Å². The van der Waals surface area contributed by atoms with Crippen LogP contribution in [-0.2, 0) is 7.05 Å². The monoisotopic (exact) mass is 396 g/mol. The quantitative estimate of drug-likeness (QED) is 0.638. The Morgan fingerprint density at radius 1 is 1.14 bits per heavy atom. The minimum atomic E-state index is -0.206. The van der Waals surface area contributed by atoms with Crippen LogP contribution >= 0.6 is 0 Å².